The molecular formula is C15H19ClFN3O. The highest BCUT2D eigenvalue weighted by atomic mass is 35.5. The van der Waals surface area contributed by atoms with Crippen LogP contribution >= 0.6 is 11.6 Å². The third kappa shape index (κ3) is 3.36. The minimum absolute atomic E-state index is 0.241. The Bertz CT molecular complexity index is 640. The van der Waals surface area contributed by atoms with E-state index in [4.69, 9.17) is 22.1 Å². The van der Waals surface area contributed by atoms with Crippen molar-refractivity contribution in [2.45, 2.75) is 40.0 Å². The van der Waals surface area contributed by atoms with E-state index in [2.05, 4.69) is 5.10 Å². The highest BCUT2D eigenvalue weighted by Crippen LogP contribution is 2.24. The third-order valence-electron chi connectivity index (χ3n) is 3.29. The van der Waals surface area contributed by atoms with Gasteiger partial charge in [-0.15, -0.1) is 0 Å². The Labute approximate surface area is 128 Å². The quantitative estimate of drug-likeness (QED) is 0.918. The number of aromatic nitrogens is 2. The standard InChI is InChI=1S/C15H19ClFN3O/c1-4-20-14(15(16)10(3)19-20)8-21-11-5-6-12(9(2)18)13(17)7-11/h5-7,9H,4,8,18H2,1-3H3/t9-/m1/s1. The van der Waals surface area contributed by atoms with Crippen LogP contribution in [0.5, 0.6) is 5.75 Å². The molecule has 2 aromatic rings. The Morgan fingerprint density at radius 3 is 2.76 bits per heavy atom. The maximum Gasteiger partial charge on any atom is 0.131 e. The Kier molecular flexibility index (Phi) is 4.85. The molecule has 1 heterocycles. The summed E-state index contributed by atoms with van der Waals surface area (Å²) in [6.45, 7) is 6.49. The van der Waals surface area contributed by atoms with Crippen molar-refractivity contribution in [2.24, 2.45) is 5.73 Å². The second-order valence-corrected chi connectivity index (χ2v) is 5.30. The minimum Gasteiger partial charge on any atom is -0.487 e. The summed E-state index contributed by atoms with van der Waals surface area (Å²) in [4.78, 5) is 0. The Morgan fingerprint density at radius 1 is 1.48 bits per heavy atom. The number of rotatable bonds is 5. The van der Waals surface area contributed by atoms with Crippen LogP contribution in [0.4, 0.5) is 4.39 Å². The summed E-state index contributed by atoms with van der Waals surface area (Å²) in [6, 6.07) is 4.33. The van der Waals surface area contributed by atoms with Gasteiger partial charge in [-0.2, -0.15) is 5.10 Å². The van der Waals surface area contributed by atoms with Gasteiger partial charge < -0.3 is 10.5 Å². The summed E-state index contributed by atoms with van der Waals surface area (Å²) in [6.07, 6.45) is 0. The second-order valence-electron chi connectivity index (χ2n) is 4.92. The molecule has 0 radical (unpaired) electrons. The van der Waals surface area contributed by atoms with Crippen LogP contribution in [-0.4, -0.2) is 9.78 Å². The van der Waals surface area contributed by atoms with Gasteiger partial charge in [0.05, 0.1) is 16.4 Å². The van der Waals surface area contributed by atoms with Gasteiger partial charge in [0.25, 0.3) is 0 Å². The molecule has 0 bridgehead atoms. The van der Waals surface area contributed by atoms with Gasteiger partial charge in [0, 0.05) is 24.2 Å². The Balaban J connectivity index is 2.15. The molecule has 1 aromatic heterocycles. The lowest BCUT2D eigenvalue weighted by molar-refractivity contribution is 0.291. The molecule has 114 valence electrons. The molecule has 0 aliphatic carbocycles. The normalized spacial score (nSPS) is 12.5. The molecule has 0 fully saturated rings. The molecule has 2 rings (SSSR count). The summed E-state index contributed by atoms with van der Waals surface area (Å²) in [5.41, 5.74) is 7.69. The first-order valence-corrected chi connectivity index (χ1v) is 7.21. The van der Waals surface area contributed by atoms with Gasteiger partial charge in [-0.05, 0) is 26.8 Å². The number of benzene rings is 1. The SMILES string of the molecule is CCn1nc(C)c(Cl)c1COc1ccc([C@@H](C)N)c(F)c1. The van der Waals surface area contributed by atoms with Crippen molar-refractivity contribution in [1.82, 2.24) is 9.78 Å². The van der Waals surface area contributed by atoms with Crippen molar-refractivity contribution in [3.63, 3.8) is 0 Å². The lowest BCUT2D eigenvalue weighted by Crippen LogP contribution is -2.09. The number of hydrogen-bond acceptors (Lipinski definition) is 3. The van der Waals surface area contributed by atoms with Crippen molar-refractivity contribution in [3.8, 4) is 5.75 Å². The van der Waals surface area contributed by atoms with Crippen LogP contribution in [0.2, 0.25) is 5.02 Å². The van der Waals surface area contributed by atoms with Gasteiger partial charge in [0.15, 0.2) is 0 Å². The maximum atomic E-state index is 13.9. The highest BCUT2D eigenvalue weighted by molar-refractivity contribution is 6.31. The van der Waals surface area contributed by atoms with Crippen LogP contribution in [0.3, 0.4) is 0 Å². The molecule has 4 nitrogen and oxygen atoms in total. The van der Waals surface area contributed by atoms with Gasteiger partial charge in [0.2, 0.25) is 0 Å². The fourth-order valence-electron chi connectivity index (χ4n) is 2.13. The molecule has 0 unspecified atom stereocenters. The van der Waals surface area contributed by atoms with Gasteiger partial charge in [-0.25, -0.2) is 4.39 Å². The first-order valence-electron chi connectivity index (χ1n) is 6.83. The number of nitrogens with zero attached hydrogens (tertiary/aromatic N) is 2. The zero-order valence-electron chi connectivity index (χ0n) is 12.4. The lowest BCUT2D eigenvalue weighted by atomic mass is 10.1. The molecule has 0 saturated heterocycles. The predicted octanol–water partition coefficient (Wildman–Crippen LogP) is 3.60. The maximum absolute atomic E-state index is 13.9. The number of halogens is 2. The molecule has 0 spiro atoms. The zero-order valence-corrected chi connectivity index (χ0v) is 13.1. The molecule has 0 saturated carbocycles. The molecule has 0 amide bonds. The van der Waals surface area contributed by atoms with Crippen LogP contribution in [0.25, 0.3) is 0 Å². The number of ether oxygens (including phenoxy) is 1. The fourth-order valence-corrected chi connectivity index (χ4v) is 2.32. The molecular weight excluding hydrogens is 293 g/mol. The second kappa shape index (κ2) is 6.45. The zero-order chi connectivity index (χ0) is 15.6. The Morgan fingerprint density at radius 2 is 2.19 bits per heavy atom. The molecule has 0 aliphatic rings. The molecule has 1 atom stereocenters. The van der Waals surface area contributed by atoms with Gasteiger partial charge in [0.1, 0.15) is 18.2 Å². The van der Waals surface area contributed by atoms with E-state index in [1.807, 2.05) is 13.8 Å². The number of nitrogens with two attached hydrogens (primary N) is 1. The number of aryl methyl sites for hydroxylation is 2. The van der Waals surface area contributed by atoms with Crippen LogP contribution in [-0.2, 0) is 13.2 Å². The summed E-state index contributed by atoms with van der Waals surface area (Å²) in [7, 11) is 0. The van der Waals surface area contributed by atoms with E-state index in [9.17, 15) is 4.39 Å². The molecule has 2 N–H and O–H groups in total. The predicted molar refractivity (Wildman–Crippen MR) is 81.0 cm³/mol. The number of hydrogen-bond donors (Lipinski definition) is 1. The van der Waals surface area contributed by atoms with E-state index >= 15 is 0 Å². The van der Waals surface area contributed by atoms with E-state index in [0.717, 1.165) is 11.4 Å². The summed E-state index contributed by atoms with van der Waals surface area (Å²) in [5.74, 6) is 0.0725. The fraction of sp³-hybridized carbons (Fsp3) is 0.400. The summed E-state index contributed by atoms with van der Waals surface area (Å²) < 4.78 is 21.3. The van der Waals surface area contributed by atoms with Crippen LogP contribution < -0.4 is 10.5 Å². The first-order chi connectivity index (χ1) is 9.93. The molecule has 21 heavy (non-hydrogen) atoms. The van der Waals surface area contributed by atoms with E-state index in [1.165, 1.54) is 6.07 Å². The van der Waals surface area contributed by atoms with E-state index in [-0.39, 0.29) is 18.5 Å². The summed E-state index contributed by atoms with van der Waals surface area (Å²) >= 11 is 6.20. The van der Waals surface area contributed by atoms with Crippen molar-refractivity contribution in [1.29, 1.82) is 0 Å². The van der Waals surface area contributed by atoms with Gasteiger partial charge >= 0.3 is 0 Å². The summed E-state index contributed by atoms with van der Waals surface area (Å²) in [5, 5.41) is 4.90. The third-order valence-corrected chi connectivity index (χ3v) is 3.78. The van der Waals surface area contributed by atoms with Gasteiger partial charge in [-0.3, -0.25) is 4.68 Å². The molecule has 0 aliphatic heterocycles. The monoisotopic (exact) mass is 311 g/mol. The van der Waals surface area contributed by atoms with Crippen molar-refractivity contribution < 1.29 is 9.13 Å². The van der Waals surface area contributed by atoms with Crippen LogP contribution in [0, 0.1) is 12.7 Å². The van der Waals surface area contributed by atoms with E-state index < -0.39 is 0 Å². The largest absolute Gasteiger partial charge is 0.487 e. The average Bonchev–Trinajstić information content (AvgIpc) is 2.71. The van der Waals surface area contributed by atoms with Crippen LogP contribution in [0.15, 0.2) is 18.2 Å². The smallest absolute Gasteiger partial charge is 0.131 e. The molecule has 6 heteroatoms. The minimum atomic E-state index is -0.367. The van der Waals surface area contributed by atoms with Crippen molar-refractivity contribution in [2.75, 3.05) is 0 Å². The van der Waals surface area contributed by atoms with Crippen LogP contribution in [0.1, 0.15) is 36.8 Å². The topological polar surface area (TPSA) is 53.1 Å². The van der Waals surface area contributed by atoms with Crippen molar-refractivity contribution >= 4 is 11.6 Å². The Hall–Kier alpha value is -1.59. The lowest BCUT2D eigenvalue weighted by Gasteiger charge is -2.11. The van der Waals surface area contributed by atoms with E-state index in [1.54, 1.807) is 23.7 Å². The molecule has 1 aromatic carbocycles. The highest BCUT2D eigenvalue weighted by Gasteiger charge is 2.14. The van der Waals surface area contributed by atoms with Crippen molar-refractivity contribution in [3.05, 3.63) is 46.0 Å². The average molecular weight is 312 g/mol. The van der Waals surface area contributed by atoms with Gasteiger partial charge in [-0.1, -0.05) is 17.7 Å². The first kappa shape index (κ1) is 15.8. The van der Waals surface area contributed by atoms with E-state index in [0.29, 0.717) is 22.9 Å².